The molecule has 10 heavy (non-hydrogen) atoms. The third-order valence-electron chi connectivity index (χ3n) is 1.06. The number of ether oxygens (including phenoxy) is 1. The molecular formula is C7H18ClNO. The van der Waals surface area contributed by atoms with Gasteiger partial charge in [-0.15, -0.1) is 12.4 Å². The molecule has 0 amide bonds. The zero-order valence-electron chi connectivity index (χ0n) is 7.02. The molecule has 3 heteroatoms. The zero-order chi connectivity index (χ0) is 7.11. The molecule has 1 unspecified atom stereocenters. The maximum Gasteiger partial charge on any atom is 0.105 e. The van der Waals surface area contributed by atoms with Crippen LogP contribution in [-0.2, 0) is 4.74 Å². The molecule has 0 spiro atoms. The highest BCUT2D eigenvalue weighted by molar-refractivity contribution is 5.85. The van der Waals surface area contributed by atoms with Crippen LogP contribution in [-0.4, -0.2) is 19.4 Å². The van der Waals surface area contributed by atoms with Gasteiger partial charge >= 0.3 is 0 Å². The molecule has 1 atom stereocenters. The molecule has 64 valence electrons. The van der Waals surface area contributed by atoms with Crippen LogP contribution in [0.4, 0.5) is 0 Å². The van der Waals surface area contributed by atoms with E-state index in [1.807, 2.05) is 6.92 Å². The summed E-state index contributed by atoms with van der Waals surface area (Å²) in [5.41, 5.74) is 0. The summed E-state index contributed by atoms with van der Waals surface area (Å²) in [6.07, 6.45) is 1.31. The molecule has 0 aromatic rings. The first kappa shape index (κ1) is 12.8. The van der Waals surface area contributed by atoms with Gasteiger partial charge in [0, 0.05) is 6.61 Å². The fraction of sp³-hybridized carbons (Fsp3) is 1.00. The number of rotatable bonds is 5. The summed E-state index contributed by atoms with van der Waals surface area (Å²) in [5, 5.41) is 3.16. The number of hydrogen-bond acceptors (Lipinski definition) is 2. The molecule has 0 aromatic carbocycles. The van der Waals surface area contributed by atoms with Gasteiger partial charge in [0.25, 0.3) is 0 Å². The molecule has 0 aromatic heterocycles. The average molecular weight is 168 g/mol. The Morgan fingerprint density at radius 3 is 2.40 bits per heavy atom. The standard InChI is InChI=1S/C7H17NO.ClH/c1-4-6-9-7(3)8-5-2;/h7-8H,4-6H2,1-3H3;1H. The van der Waals surface area contributed by atoms with Crippen molar-refractivity contribution in [3.8, 4) is 0 Å². The molecule has 0 bridgehead atoms. The number of nitrogens with one attached hydrogen (secondary N) is 1. The Hall–Kier alpha value is 0.210. The quantitative estimate of drug-likeness (QED) is 0.631. The second-order valence-corrected chi connectivity index (χ2v) is 2.07. The van der Waals surface area contributed by atoms with Crippen molar-refractivity contribution in [1.82, 2.24) is 5.32 Å². The maximum atomic E-state index is 5.32. The van der Waals surface area contributed by atoms with Crippen LogP contribution in [0.15, 0.2) is 0 Å². The smallest absolute Gasteiger partial charge is 0.105 e. The van der Waals surface area contributed by atoms with Crippen molar-refractivity contribution in [2.75, 3.05) is 13.2 Å². The van der Waals surface area contributed by atoms with Crippen molar-refractivity contribution in [1.29, 1.82) is 0 Å². The van der Waals surface area contributed by atoms with Crippen molar-refractivity contribution in [2.45, 2.75) is 33.4 Å². The first-order valence-corrected chi connectivity index (χ1v) is 3.66. The molecule has 0 aliphatic rings. The van der Waals surface area contributed by atoms with Crippen LogP contribution in [0.1, 0.15) is 27.2 Å². The van der Waals surface area contributed by atoms with Crippen molar-refractivity contribution < 1.29 is 4.74 Å². The van der Waals surface area contributed by atoms with Gasteiger partial charge in [-0.2, -0.15) is 0 Å². The van der Waals surface area contributed by atoms with Gasteiger partial charge in [0.15, 0.2) is 0 Å². The lowest BCUT2D eigenvalue weighted by Crippen LogP contribution is -2.28. The van der Waals surface area contributed by atoms with Crippen molar-refractivity contribution in [3.63, 3.8) is 0 Å². The molecule has 0 rings (SSSR count). The van der Waals surface area contributed by atoms with Crippen LogP contribution in [0.25, 0.3) is 0 Å². The zero-order valence-corrected chi connectivity index (χ0v) is 7.83. The van der Waals surface area contributed by atoms with E-state index in [1.54, 1.807) is 0 Å². The Morgan fingerprint density at radius 2 is 2.00 bits per heavy atom. The molecule has 0 aliphatic carbocycles. The van der Waals surface area contributed by atoms with E-state index in [9.17, 15) is 0 Å². The minimum Gasteiger partial charge on any atom is -0.364 e. The van der Waals surface area contributed by atoms with E-state index in [0.29, 0.717) is 0 Å². The van der Waals surface area contributed by atoms with Gasteiger partial charge in [-0.3, -0.25) is 5.32 Å². The van der Waals surface area contributed by atoms with Crippen molar-refractivity contribution >= 4 is 12.4 Å². The minimum atomic E-state index is 0. The topological polar surface area (TPSA) is 21.3 Å². The molecule has 0 aliphatic heterocycles. The van der Waals surface area contributed by atoms with Crippen LogP contribution < -0.4 is 5.32 Å². The lowest BCUT2D eigenvalue weighted by atomic mass is 10.5. The largest absolute Gasteiger partial charge is 0.364 e. The third kappa shape index (κ3) is 8.21. The fourth-order valence-corrected chi connectivity index (χ4v) is 0.641. The van der Waals surface area contributed by atoms with Gasteiger partial charge in [0.1, 0.15) is 6.23 Å². The Bertz CT molecular complexity index is 61.6. The fourth-order valence-electron chi connectivity index (χ4n) is 0.641. The van der Waals surface area contributed by atoms with E-state index in [2.05, 4.69) is 19.2 Å². The summed E-state index contributed by atoms with van der Waals surface area (Å²) in [5.74, 6) is 0. The lowest BCUT2D eigenvalue weighted by molar-refractivity contribution is 0.0445. The summed E-state index contributed by atoms with van der Waals surface area (Å²) in [4.78, 5) is 0. The number of hydrogen-bond donors (Lipinski definition) is 1. The molecule has 0 heterocycles. The first-order valence-electron chi connectivity index (χ1n) is 3.66. The summed E-state index contributed by atoms with van der Waals surface area (Å²) in [6.45, 7) is 8.04. The summed E-state index contributed by atoms with van der Waals surface area (Å²) in [7, 11) is 0. The summed E-state index contributed by atoms with van der Waals surface area (Å²) in [6, 6.07) is 0. The highest BCUT2D eigenvalue weighted by atomic mass is 35.5. The maximum absolute atomic E-state index is 5.32. The average Bonchev–Trinajstić information content (AvgIpc) is 1.85. The van der Waals surface area contributed by atoms with E-state index in [1.165, 1.54) is 0 Å². The first-order chi connectivity index (χ1) is 4.31. The molecule has 2 nitrogen and oxygen atoms in total. The Balaban J connectivity index is 0. The molecule has 0 saturated carbocycles. The molecule has 0 radical (unpaired) electrons. The Morgan fingerprint density at radius 1 is 1.40 bits per heavy atom. The Labute approximate surface area is 69.7 Å². The second-order valence-electron chi connectivity index (χ2n) is 2.07. The summed E-state index contributed by atoms with van der Waals surface area (Å²) < 4.78 is 5.32. The third-order valence-corrected chi connectivity index (χ3v) is 1.06. The van der Waals surface area contributed by atoms with Crippen molar-refractivity contribution in [2.24, 2.45) is 0 Å². The second kappa shape index (κ2) is 9.21. The van der Waals surface area contributed by atoms with Crippen LogP contribution in [0.3, 0.4) is 0 Å². The lowest BCUT2D eigenvalue weighted by Gasteiger charge is -2.11. The SMILES string of the molecule is CCCOC(C)NCC.Cl. The van der Waals surface area contributed by atoms with Crippen LogP contribution in [0.2, 0.25) is 0 Å². The summed E-state index contributed by atoms with van der Waals surface area (Å²) >= 11 is 0. The van der Waals surface area contributed by atoms with Gasteiger partial charge in [0.2, 0.25) is 0 Å². The van der Waals surface area contributed by atoms with E-state index in [0.717, 1.165) is 19.6 Å². The minimum absolute atomic E-state index is 0. The predicted molar refractivity (Wildman–Crippen MR) is 46.6 cm³/mol. The van der Waals surface area contributed by atoms with Gasteiger partial charge in [0.05, 0.1) is 0 Å². The van der Waals surface area contributed by atoms with Gasteiger partial charge < -0.3 is 4.74 Å². The van der Waals surface area contributed by atoms with Gasteiger partial charge in [-0.05, 0) is 19.9 Å². The van der Waals surface area contributed by atoms with Crippen LogP contribution >= 0.6 is 12.4 Å². The highest BCUT2D eigenvalue weighted by Crippen LogP contribution is 1.86. The van der Waals surface area contributed by atoms with E-state index in [-0.39, 0.29) is 18.6 Å². The van der Waals surface area contributed by atoms with Gasteiger partial charge in [-0.25, -0.2) is 0 Å². The highest BCUT2D eigenvalue weighted by Gasteiger charge is 1.94. The molecule has 1 N–H and O–H groups in total. The van der Waals surface area contributed by atoms with Crippen molar-refractivity contribution in [3.05, 3.63) is 0 Å². The van der Waals surface area contributed by atoms with E-state index >= 15 is 0 Å². The monoisotopic (exact) mass is 167 g/mol. The Kier molecular flexibility index (Phi) is 11.8. The van der Waals surface area contributed by atoms with Gasteiger partial charge in [-0.1, -0.05) is 13.8 Å². The van der Waals surface area contributed by atoms with Crippen LogP contribution in [0.5, 0.6) is 0 Å². The normalized spacial score (nSPS) is 12.3. The van der Waals surface area contributed by atoms with E-state index in [4.69, 9.17) is 4.74 Å². The number of halogens is 1. The molecular weight excluding hydrogens is 150 g/mol. The molecule has 0 saturated heterocycles. The van der Waals surface area contributed by atoms with Crippen LogP contribution in [0, 0.1) is 0 Å². The predicted octanol–water partition coefficient (Wildman–Crippen LogP) is 1.79. The molecule has 0 fully saturated rings. The van der Waals surface area contributed by atoms with E-state index < -0.39 is 0 Å².